The lowest BCUT2D eigenvalue weighted by atomic mass is 9.89. The fourth-order valence-corrected chi connectivity index (χ4v) is 5.43. The molecule has 2 N–H and O–H groups in total. The summed E-state index contributed by atoms with van der Waals surface area (Å²) in [5.41, 5.74) is 5.55. The third-order valence-corrected chi connectivity index (χ3v) is 7.91. The maximum absolute atomic E-state index is 5.55. The normalized spacial score (nSPS) is 11.9. The summed E-state index contributed by atoms with van der Waals surface area (Å²) in [5.74, 6) is 1.02. The molecule has 0 aromatic carbocycles. The summed E-state index contributed by atoms with van der Waals surface area (Å²) in [6.07, 6.45) is 44.8. The second kappa shape index (κ2) is 31.7. The first kappa shape index (κ1) is 34.7. The van der Waals surface area contributed by atoms with E-state index in [1.165, 1.54) is 180 Å². The van der Waals surface area contributed by atoms with E-state index in [9.17, 15) is 0 Å². The molecule has 35 heavy (non-hydrogen) atoms. The first-order valence-electron chi connectivity index (χ1n) is 16.7. The molecule has 0 aliphatic heterocycles. The molecule has 0 aromatic heterocycles. The monoisotopic (exact) mass is 492 g/mol. The van der Waals surface area contributed by atoms with Crippen molar-refractivity contribution in [2.45, 2.75) is 194 Å². The quantitative estimate of drug-likeness (QED) is 0.0784. The van der Waals surface area contributed by atoms with E-state index in [0.717, 1.165) is 12.5 Å². The van der Waals surface area contributed by atoms with Crippen LogP contribution in [0.2, 0.25) is 0 Å². The summed E-state index contributed by atoms with van der Waals surface area (Å²) in [4.78, 5) is 0. The third kappa shape index (κ3) is 29.8. The highest BCUT2D eigenvalue weighted by atomic mass is 14.5. The van der Waals surface area contributed by atoms with Gasteiger partial charge in [0.25, 0.3) is 0 Å². The summed E-state index contributed by atoms with van der Waals surface area (Å²) in [5, 5.41) is 0. The molecular weight excluding hydrogens is 422 g/mol. The van der Waals surface area contributed by atoms with Crippen LogP contribution in [0.5, 0.6) is 0 Å². The molecule has 0 heterocycles. The van der Waals surface area contributed by atoms with Gasteiger partial charge >= 0.3 is 0 Å². The second-order valence-electron chi connectivity index (χ2n) is 11.5. The van der Waals surface area contributed by atoms with Gasteiger partial charge in [-0.1, -0.05) is 174 Å². The van der Waals surface area contributed by atoms with Gasteiger partial charge in [0.1, 0.15) is 0 Å². The van der Waals surface area contributed by atoms with Crippen molar-refractivity contribution < 1.29 is 0 Å². The molecule has 0 radical (unpaired) electrons. The number of unbranched alkanes of at least 4 members (excludes halogenated alkanes) is 21. The summed E-state index contributed by atoms with van der Waals surface area (Å²) < 4.78 is 0. The van der Waals surface area contributed by atoms with Crippen LogP contribution in [0.3, 0.4) is 0 Å². The minimum Gasteiger partial charge on any atom is -0.330 e. The molecule has 0 rings (SSSR count). The Balaban J connectivity index is 3.70. The highest BCUT2D eigenvalue weighted by Gasteiger charge is 2.08. The van der Waals surface area contributed by atoms with Crippen molar-refractivity contribution in [3.05, 3.63) is 12.2 Å². The van der Waals surface area contributed by atoms with E-state index in [1.807, 2.05) is 0 Å². The predicted octanol–water partition coefficient (Wildman–Crippen LogP) is 12.1. The van der Waals surface area contributed by atoms with Gasteiger partial charge in [0.15, 0.2) is 0 Å². The van der Waals surface area contributed by atoms with Crippen molar-refractivity contribution >= 4 is 0 Å². The smallest absolute Gasteiger partial charge is 0.00773 e. The summed E-state index contributed by atoms with van der Waals surface area (Å²) >= 11 is 0. The van der Waals surface area contributed by atoms with E-state index in [-0.39, 0.29) is 0 Å². The molecule has 0 atom stereocenters. The molecule has 0 spiro atoms. The van der Waals surface area contributed by atoms with Crippen LogP contribution < -0.4 is 5.73 Å². The lowest BCUT2D eigenvalue weighted by Gasteiger charge is -2.17. The van der Waals surface area contributed by atoms with E-state index in [2.05, 4.69) is 26.0 Å². The van der Waals surface area contributed by atoms with E-state index in [1.54, 1.807) is 0 Å². The Kier molecular flexibility index (Phi) is 31.5. The minimum absolute atomic E-state index is 0.863. The number of rotatable bonds is 30. The van der Waals surface area contributed by atoms with Crippen LogP contribution in [0, 0.1) is 5.92 Å². The maximum atomic E-state index is 5.55. The first-order valence-corrected chi connectivity index (χ1v) is 16.7. The molecule has 0 bridgehead atoms. The van der Waals surface area contributed by atoms with Gasteiger partial charge in [0.05, 0.1) is 0 Å². The molecule has 0 aliphatic rings. The van der Waals surface area contributed by atoms with Crippen molar-refractivity contribution in [3.8, 4) is 0 Å². The van der Waals surface area contributed by atoms with Crippen molar-refractivity contribution in [2.75, 3.05) is 6.54 Å². The Morgan fingerprint density at radius 1 is 0.400 bits per heavy atom. The average Bonchev–Trinajstić information content (AvgIpc) is 2.87. The third-order valence-electron chi connectivity index (χ3n) is 7.91. The molecule has 0 unspecified atom stereocenters. The molecular formula is C34H69N. The van der Waals surface area contributed by atoms with Gasteiger partial charge in [-0.2, -0.15) is 0 Å². The largest absolute Gasteiger partial charge is 0.330 e. The fourth-order valence-electron chi connectivity index (χ4n) is 5.43. The number of allylic oxidation sites excluding steroid dienone is 2. The zero-order valence-corrected chi connectivity index (χ0v) is 24.8. The zero-order valence-electron chi connectivity index (χ0n) is 24.8. The molecule has 0 aromatic rings. The van der Waals surface area contributed by atoms with E-state index in [4.69, 9.17) is 5.73 Å². The van der Waals surface area contributed by atoms with E-state index < -0.39 is 0 Å². The molecule has 1 heteroatoms. The first-order chi connectivity index (χ1) is 17.3. The summed E-state index contributed by atoms with van der Waals surface area (Å²) in [6.45, 7) is 5.51. The Bertz CT molecular complexity index is 372. The topological polar surface area (TPSA) is 26.0 Å². The Hall–Kier alpha value is -0.300. The van der Waals surface area contributed by atoms with Crippen LogP contribution in [-0.2, 0) is 0 Å². The van der Waals surface area contributed by atoms with Gasteiger partial charge in [-0.3, -0.25) is 0 Å². The molecule has 0 aliphatic carbocycles. The number of hydrogen-bond donors (Lipinski definition) is 1. The zero-order chi connectivity index (χ0) is 25.5. The molecule has 0 amide bonds. The summed E-state index contributed by atoms with van der Waals surface area (Å²) in [7, 11) is 0. The van der Waals surface area contributed by atoms with Crippen LogP contribution in [-0.4, -0.2) is 6.54 Å². The number of nitrogens with two attached hydrogens (primary N) is 1. The fraction of sp³-hybridized carbons (Fsp3) is 0.941. The molecule has 0 fully saturated rings. The van der Waals surface area contributed by atoms with Gasteiger partial charge in [0.2, 0.25) is 0 Å². The predicted molar refractivity (Wildman–Crippen MR) is 162 cm³/mol. The molecule has 0 saturated carbocycles. The van der Waals surface area contributed by atoms with Crippen LogP contribution in [0.1, 0.15) is 194 Å². The van der Waals surface area contributed by atoms with Crippen molar-refractivity contribution in [1.82, 2.24) is 0 Å². The lowest BCUT2D eigenvalue weighted by molar-refractivity contribution is 0.366. The molecule has 0 saturated heterocycles. The lowest BCUT2D eigenvalue weighted by Crippen LogP contribution is -2.01. The van der Waals surface area contributed by atoms with Crippen LogP contribution >= 0.6 is 0 Å². The van der Waals surface area contributed by atoms with Crippen molar-refractivity contribution in [2.24, 2.45) is 11.7 Å². The highest BCUT2D eigenvalue weighted by molar-refractivity contribution is 4.81. The molecule has 210 valence electrons. The standard InChI is InChI=1S/C34H69N/c1-3-5-7-9-22-26-30-34(31-27-23-10-8-6-4-2)32-28-24-20-18-16-14-12-11-13-15-17-19-21-25-29-33-35/h11-12,34H,3-10,13-33,35H2,1-2H3. The van der Waals surface area contributed by atoms with Gasteiger partial charge in [-0.15, -0.1) is 0 Å². The Morgan fingerprint density at radius 3 is 1.09 bits per heavy atom. The van der Waals surface area contributed by atoms with Crippen molar-refractivity contribution in [3.63, 3.8) is 0 Å². The van der Waals surface area contributed by atoms with Crippen LogP contribution in [0.15, 0.2) is 12.2 Å². The van der Waals surface area contributed by atoms with E-state index in [0.29, 0.717) is 0 Å². The van der Waals surface area contributed by atoms with Gasteiger partial charge in [0, 0.05) is 0 Å². The van der Waals surface area contributed by atoms with Crippen molar-refractivity contribution in [1.29, 1.82) is 0 Å². The maximum Gasteiger partial charge on any atom is -0.00773 e. The van der Waals surface area contributed by atoms with Gasteiger partial charge in [-0.25, -0.2) is 0 Å². The molecule has 1 nitrogen and oxygen atoms in total. The second-order valence-corrected chi connectivity index (χ2v) is 11.5. The number of hydrogen-bond acceptors (Lipinski definition) is 1. The Labute approximate surface area is 223 Å². The van der Waals surface area contributed by atoms with Crippen LogP contribution in [0.25, 0.3) is 0 Å². The van der Waals surface area contributed by atoms with E-state index >= 15 is 0 Å². The minimum atomic E-state index is 0.863. The van der Waals surface area contributed by atoms with Gasteiger partial charge < -0.3 is 5.73 Å². The highest BCUT2D eigenvalue weighted by Crippen LogP contribution is 2.24. The SMILES string of the molecule is CCCCCCCCC(CCCCCCCC)CCCCCCCC=CCCCCCCCCN. The van der Waals surface area contributed by atoms with Gasteiger partial charge in [-0.05, 0) is 44.6 Å². The Morgan fingerprint density at radius 2 is 0.714 bits per heavy atom. The summed E-state index contributed by atoms with van der Waals surface area (Å²) in [6, 6.07) is 0. The average molecular weight is 492 g/mol. The van der Waals surface area contributed by atoms with Crippen LogP contribution in [0.4, 0.5) is 0 Å².